The molecule has 0 bridgehead atoms. The maximum Gasteiger partial charge on any atom is 0.573 e. The summed E-state index contributed by atoms with van der Waals surface area (Å²) < 4.78 is 46.6. The van der Waals surface area contributed by atoms with Gasteiger partial charge in [0.1, 0.15) is 11.5 Å². The van der Waals surface area contributed by atoms with Crippen LogP contribution in [0.4, 0.5) is 13.2 Å². The number of hydrogen-bond donors (Lipinski definition) is 1. The van der Waals surface area contributed by atoms with Gasteiger partial charge < -0.3 is 14.5 Å². The molecule has 0 saturated carbocycles. The molecule has 0 saturated heterocycles. The van der Waals surface area contributed by atoms with Gasteiger partial charge in [0, 0.05) is 18.0 Å². The van der Waals surface area contributed by atoms with Crippen LogP contribution in [0.2, 0.25) is 0 Å². The molecule has 0 spiro atoms. The highest BCUT2D eigenvalue weighted by Crippen LogP contribution is 2.32. The number of ether oxygens (including phenoxy) is 1. The van der Waals surface area contributed by atoms with E-state index < -0.39 is 6.36 Å². The smallest absolute Gasteiger partial charge is 0.469 e. The number of aryl methyl sites for hydroxylation is 1. The number of rotatable bonds is 6. The highest BCUT2D eigenvalue weighted by molar-refractivity contribution is 5.36. The molecule has 6 heteroatoms. The van der Waals surface area contributed by atoms with Crippen LogP contribution in [0.25, 0.3) is 0 Å². The molecule has 2 rings (SSSR count). The molecule has 1 atom stereocenters. The zero-order valence-electron chi connectivity index (χ0n) is 11.5. The van der Waals surface area contributed by atoms with Gasteiger partial charge in [0.2, 0.25) is 0 Å². The first-order chi connectivity index (χ1) is 9.99. The second-order valence-electron chi connectivity index (χ2n) is 4.54. The number of halogens is 3. The van der Waals surface area contributed by atoms with Gasteiger partial charge in [-0.25, -0.2) is 0 Å². The molecule has 1 aromatic heterocycles. The summed E-state index contributed by atoms with van der Waals surface area (Å²) in [6, 6.07) is 9.52. The zero-order valence-corrected chi connectivity index (χ0v) is 11.5. The predicted octanol–water partition coefficient (Wildman–Crippen LogP) is 4.07. The van der Waals surface area contributed by atoms with Crippen LogP contribution in [0.1, 0.15) is 23.8 Å². The number of alkyl halides is 3. The molecule has 114 valence electrons. The van der Waals surface area contributed by atoms with Gasteiger partial charge in [-0.2, -0.15) is 0 Å². The van der Waals surface area contributed by atoms with Gasteiger partial charge in [-0.1, -0.05) is 18.2 Å². The minimum Gasteiger partial charge on any atom is -0.469 e. The van der Waals surface area contributed by atoms with E-state index in [1.165, 1.54) is 12.1 Å². The van der Waals surface area contributed by atoms with Crippen LogP contribution in [0.5, 0.6) is 5.75 Å². The fraction of sp³-hybridized carbons (Fsp3) is 0.333. The Kier molecular flexibility index (Phi) is 4.90. The number of nitrogens with one attached hydrogen (secondary N) is 1. The van der Waals surface area contributed by atoms with E-state index in [-0.39, 0.29) is 11.8 Å². The van der Waals surface area contributed by atoms with Crippen molar-refractivity contribution >= 4 is 0 Å². The lowest BCUT2D eigenvalue weighted by Crippen LogP contribution is -2.22. The fourth-order valence-corrected chi connectivity index (χ4v) is 2.18. The van der Waals surface area contributed by atoms with E-state index in [1.54, 1.807) is 31.5 Å². The maximum absolute atomic E-state index is 12.4. The van der Waals surface area contributed by atoms with Gasteiger partial charge in [0.25, 0.3) is 0 Å². The highest BCUT2D eigenvalue weighted by Gasteiger charge is 2.32. The van der Waals surface area contributed by atoms with E-state index in [4.69, 9.17) is 4.42 Å². The van der Waals surface area contributed by atoms with E-state index in [1.807, 2.05) is 6.07 Å². The normalized spacial score (nSPS) is 13.1. The molecular weight excluding hydrogens is 283 g/mol. The third-order valence-corrected chi connectivity index (χ3v) is 3.13. The Morgan fingerprint density at radius 3 is 2.57 bits per heavy atom. The van der Waals surface area contributed by atoms with Crippen LogP contribution in [0.15, 0.2) is 47.1 Å². The second kappa shape index (κ2) is 6.67. The van der Waals surface area contributed by atoms with Crippen LogP contribution >= 0.6 is 0 Å². The summed E-state index contributed by atoms with van der Waals surface area (Å²) >= 11 is 0. The van der Waals surface area contributed by atoms with E-state index in [0.717, 1.165) is 5.76 Å². The van der Waals surface area contributed by atoms with E-state index in [9.17, 15) is 13.2 Å². The predicted molar refractivity (Wildman–Crippen MR) is 72.0 cm³/mol. The van der Waals surface area contributed by atoms with Gasteiger partial charge in [-0.15, -0.1) is 13.2 Å². The number of benzene rings is 1. The van der Waals surface area contributed by atoms with Crippen molar-refractivity contribution in [3.8, 4) is 5.75 Å². The summed E-state index contributed by atoms with van der Waals surface area (Å²) in [5, 5.41) is 3.02. The monoisotopic (exact) mass is 299 g/mol. The topological polar surface area (TPSA) is 34.4 Å². The third-order valence-electron chi connectivity index (χ3n) is 3.13. The summed E-state index contributed by atoms with van der Waals surface area (Å²) in [7, 11) is 1.71. The molecule has 0 fully saturated rings. The standard InChI is InChI=1S/C15H16F3NO2/c1-19-13(9-8-11-5-4-10-20-11)12-6-2-3-7-14(12)21-15(16,17)18/h2-7,10,13,19H,8-9H2,1H3. The largest absolute Gasteiger partial charge is 0.573 e. The van der Waals surface area contributed by atoms with Gasteiger partial charge in [0.15, 0.2) is 0 Å². The summed E-state index contributed by atoms with van der Waals surface area (Å²) in [5.41, 5.74) is 0.476. The van der Waals surface area contributed by atoms with Gasteiger partial charge in [-0.05, 0) is 31.7 Å². The lowest BCUT2D eigenvalue weighted by atomic mass is 10.0. The SMILES string of the molecule is CNC(CCc1ccco1)c1ccccc1OC(F)(F)F. The molecule has 3 nitrogen and oxygen atoms in total. The first kappa shape index (κ1) is 15.4. The molecule has 1 N–H and O–H groups in total. The van der Waals surface area contributed by atoms with Crippen molar-refractivity contribution in [2.45, 2.75) is 25.2 Å². The molecule has 21 heavy (non-hydrogen) atoms. The van der Waals surface area contributed by atoms with Gasteiger partial charge >= 0.3 is 6.36 Å². The number of hydrogen-bond acceptors (Lipinski definition) is 3. The Balaban J connectivity index is 2.13. The maximum atomic E-state index is 12.4. The summed E-state index contributed by atoms with van der Waals surface area (Å²) in [6.07, 6.45) is -1.90. The Morgan fingerprint density at radius 1 is 1.19 bits per heavy atom. The molecule has 1 unspecified atom stereocenters. The van der Waals surface area contributed by atoms with Crippen LogP contribution < -0.4 is 10.1 Å². The lowest BCUT2D eigenvalue weighted by molar-refractivity contribution is -0.275. The average Bonchev–Trinajstić information content (AvgIpc) is 2.92. The number of para-hydroxylation sites is 1. The molecule has 0 radical (unpaired) electrons. The van der Waals surface area contributed by atoms with Crippen molar-refractivity contribution in [2.24, 2.45) is 0 Å². The van der Waals surface area contributed by atoms with E-state index in [0.29, 0.717) is 18.4 Å². The molecule has 1 heterocycles. The molecule has 0 aliphatic carbocycles. The summed E-state index contributed by atoms with van der Waals surface area (Å²) in [4.78, 5) is 0. The summed E-state index contributed by atoms with van der Waals surface area (Å²) in [6.45, 7) is 0. The quantitative estimate of drug-likeness (QED) is 0.873. The third kappa shape index (κ3) is 4.53. The lowest BCUT2D eigenvalue weighted by Gasteiger charge is -2.20. The van der Waals surface area contributed by atoms with Crippen molar-refractivity contribution < 1.29 is 22.3 Å². The van der Waals surface area contributed by atoms with Crippen molar-refractivity contribution in [3.05, 3.63) is 54.0 Å². The zero-order chi connectivity index (χ0) is 15.3. The Bertz CT molecular complexity index is 552. The molecule has 0 aliphatic heterocycles. The summed E-state index contributed by atoms with van der Waals surface area (Å²) in [5.74, 6) is 0.619. The minimum atomic E-state index is -4.70. The van der Waals surface area contributed by atoms with Gasteiger partial charge in [-0.3, -0.25) is 0 Å². The first-order valence-corrected chi connectivity index (χ1v) is 6.54. The Hall–Kier alpha value is -1.95. The minimum absolute atomic E-state index is 0.177. The van der Waals surface area contributed by atoms with E-state index >= 15 is 0 Å². The van der Waals surface area contributed by atoms with E-state index in [2.05, 4.69) is 10.1 Å². The Morgan fingerprint density at radius 2 is 1.95 bits per heavy atom. The molecule has 1 aromatic carbocycles. The number of furan rings is 1. The average molecular weight is 299 g/mol. The van der Waals surface area contributed by atoms with Crippen molar-refractivity contribution in [3.63, 3.8) is 0 Å². The second-order valence-corrected chi connectivity index (χ2v) is 4.54. The van der Waals surface area contributed by atoms with Crippen LogP contribution in [-0.4, -0.2) is 13.4 Å². The highest BCUT2D eigenvalue weighted by atomic mass is 19.4. The van der Waals surface area contributed by atoms with Gasteiger partial charge in [0.05, 0.1) is 6.26 Å². The van der Waals surface area contributed by atoms with Crippen molar-refractivity contribution in [1.29, 1.82) is 0 Å². The fourth-order valence-electron chi connectivity index (χ4n) is 2.18. The van der Waals surface area contributed by atoms with Crippen LogP contribution in [0, 0.1) is 0 Å². The van der Waals surface area contributed by atoms with Crippen molar-refractivity contribution in [1.82, 2.24) is 5.32 Å². The molecular formula is C15H16F3NO2. The van der Waals surface area contributed by atoms with Crippen LogP contribution in [-0.2, 0) is 6.42 Å². The Labute approximate surface area is 120 Å². The first-order valence-electron chi connectivity index (χ1n) is 6.54. The molecule has 0 aliphatic rings. The van der Waals surface area contributed by atoms with Crippen LogP contribution in [0.3, 0.4) is 0 Å². The van der Waals surface area contributed by atoms with Crippen molar-refractivity contribution in [2.75, 3.05) is 7.05 Å². The molecule has 2 aromatic rings. The molecule has 0 amide bonds.